The van der Waals surface area contributed by atoms with Crippen LogP contribution in [-0.2, 0) is 13.2 Å². The molecule has 0 aliphatic carbocycles. The van der Waals surface area contributed by atoms with Crippen LogP contribution in [0.5, 0.6) is 11.8 Å². The Bertz CT molecular complexity index is 1030. The number of benzene rings is 1. The molecular formula is C21H20N4O2. The third-order valence-corrected chi connectivity index (χ3v) is 4.07. The van der Waals surface area contributed by atoms with Crippen LogP contribution in [0.15, 0.2) is 67.0 Å². The van der Waals surface area contributed by atoms with Gasteiger partial charge in [-0.2, -0.15) is 0 Å². The fourth-order valence-corrected chi connectivity index (χ4v) is 2.77. The van der Waals surface area contributed by atoms with E-state index < -0.39 is 0 Å². The van der Waals surface area contributed by atoms with Crippen LogP contribution in [0.2, 0.25) is 0 Å². The highest BCUT2D eigenvalue weighted by Gasteiger charge is 2.03. The van der Waals surface area contributed by atoms with Gasteiger partial charge in [-0.05, 0) is 24.6 Å². The molecular weight excluding hydrogens is 340 g/mol. The van der Waals surface area contributed by atoms with Crippen LogP contribution in [0.25, 0.3) is 10.9 Å². The minimum absolute atomic E-state index is 0.383. The molecule has 0 radical (unpaired) electrons. The van der Waals surface area contributed by atoms with Crippen LogP contribution in [0, 0.1) is 0 Å². The summed E-state index contributed by atoms with van der Waals surface area (Å²) in [6.45, 7) is 3.56. The number of hydrogen-bond acceptors (Lipinski definition) is 5. The van der Waals surface area contributed by atoms with Crippen molar-refractivity contribution in [3.8, 4) is 11.8 Å². The van der Waals surface area contributed by atoms with Gasteiger partial charge in [-0.3, -0.25) is 4.68 Å². The Hall–Kier alpha value is -3.41. The largest absolute Gasteiger partial charge is 0.477 e. The molecule has 6 nitrogen and oxygen atoms in total. The number of ether oxygens (including phenoxy) is 2. The first-order chi connectivity index (χ1) is 13.3. The topological polar surface area (TPSA) is 62.1 Å². The Labute approximate surface area is 157 Å². The third-order valence-electron chi connectivity index (χ3n) is 4.07. The predicted octanol–water partition coefficient (Wildman–Crippen LogP) is 3.85. The molecule has 0 amide bonds. The summed E-state index contributed by atoms with van der Waals surface area (Å²) in [5.41, 5.74) is 2.88. The monoisotopic (exact) mass is 360 g/mol. The van der Waals surface area contributed by atoms with Crippen LogP contribution in [0.4, 0.5) is 0 Å². The summed E-state index contributed by atoms with van der Waals surface area (Å²) < 4.78 is 13.0. The van der Waals surface area contributed by atoms with Crippen molar-refractivity contribution >= 4 is 10.9 Å². The predicted molar refractivity (Wildman–Crippen MR) is 103 cm³/mol. The second kappa shape index (κ2) is 7.86. The highest BCUT2D eigenvalue weighted by atomic mass is 16.5. The Morgan fingerprint density at radius 1 is 0.926 bits per heavy atom. The van der Waals surface area contributed by atoms with E-state index in [0.29, 0.717) is 31.5 Å². The third kappa shape index (κ3) is 4.23. The van der Waals surface area contributed by atoms with E-state index >= 15 is 0 Å². The van der Waals surface area contributed by atoms with Crippen molar-refractivity contribution in [1.82, 2.24) is 19.7 Å². The van der Waals surface area contributed by atoms with E-state index in [2.05, 4.69) is 21.1 Å². The van der Waals surface area contributed by atoms with Crippen molar-refractivity contribution in [2.45, 2.75) is 20.1 Å². The molecule has 27 heavy (non-hydrogen) atoms. The van der Waals surface area contributed by atoms with Gasteiger partial charge < -0.3 is 9.47 Å². The quantitative estimate of drug-likeness (QED) is 0.501. The molecule has 4 aromatic rings. The van der Waals surface area contributed by atoms with Crippen molar-refractivity contribution in [1.29, 1.82) is 0 Å². The van der Waals surface area contributed by atoms with E-state index in [4.69, 9.17) is 9.47 Å². The van der Waals surface area contributed by atoms with E-state index in [1.54, 1.807) is 6.20 Å². The summed E-state index contributed by atoms with van der Waals surface area (Å²) in [6, 6.07) is 17.8. The van der Waals surface area contributed by atoms with Crippen LogP contribution >= 0.6 is 0 Å². The Morgan fingerprint density at radius 3 is 2.70 bits per heavy atom. The zero-order valence-corrected chi connectivity index (χ0v) is 15.1. The molecule has 0 bridgehead atoms. The van der Waals surface area contributed by atoms with Crippen LogP contribution in [0.1, 0.15) is 18.2 Å². The van der Waals surface area contributed by atoms with Gasteiger partial charge in [0.05, 0.1) is 24.4 Å². The van der Waals surface area contributed by atoms with Gasteiger partial charge in [0.25, 0.3) is 0 Å². The first kappa shape index (κ1) is 17.0. The van der Waals surface area contributed by atoms with Gasteiger partial charge in [0.2, 0.25) is 11.8 Å². The second-order valence-electron chi connectivity index (χ2n) is 6.07. The number of aromatic nitrogens is 4. The zero-order valence-electron chi connectivity index (χ0n) is 15.1. The molecule has 0 saturated carbocycles. The summed E-state index contributed by atoms with van der Waals surface area (Å²) >= 11 is 0. The molecule has 0 fully saturated rings. The number of fused-ring (bicyclic) bond motifs is 1. The molecule has 0 saturated heterocycles. The van der Waals surface area contributed by atoms with E-state index in [1.165, 1.54) is 0 Å². The maximum Gasteiger partial charge on any atom is 0.232 e. The first-order valence-electron chi connectivity index (χ1n) is 8.89. The average molecular weight is 360 g/mol. The lowest BCUT2D eigenvalue weighted by Gasteiger charge is -2.07. The number of hydrogen-bond donors (Lipinski definition) is 0. The normalized spacial score (nSPS) is 10.9. The number of para-hydroxylation sites is 1. The van der Waals surface area contributed by atoms with Crippen molar-refractivity contribution in [2.24, 2.45) is 0 Å². The van der Waals surface area contributed by atoms with Crippen molar-refractivity contribution in [2.75, 3.05) is 6.61 Å². The molecule has 0 spiro atoms. The molecule has 0 unspecified atom stereocenters. The summed E-state index contributed by atoms with van der Waals surface area (Å²) in [5.74, 6) is 1.21. The van der Waals surface area contributed by atoms with Crippen LogP contribution < -0.4 is 9.47 Å². The fraction of sp³-hybridized carbons (Fsp3) is 0.190. The van der Waals surface area contributed by atoms with Crippen molar-refractivity contribution in [3.63, 3.8) is 0 Å². The first-order valence-corrected chi connectivity index (χ1v) is 8.89. The molecule has 0 aliphatic rings. The highest BCUT2D eigenvalue weighted by molar-refractivity contribution is 5.78. The minimum atomic E-state index is 0.383. The number of rotatable bonds is 7. The van der Waals surface area contributed by atoms with Crippen LogP contribution in [0.3, 0.4) is 0 Å². The van der Waals surface area contributed by atoms with Crippen molar-refractivity contribution in [3.05, 3.63) is 78.2 Å². The summed E-state index contributed by atoms with van der Waals surface area (Å²) in [4.78, 5) is 8.98. The van der Waals surface area contributed by atoms with Gasteiger partial charge in [0.15, 0.2) is 0 Å². The summed E-state index contributed by atoms with van der Waals surface area (Å²) in [5, 5.41) is 5.47. The van der Waals surface area contributed by atoms with Gasteiger partial charge in [0, 0.05) is 29.9 Å². The molecule has 1 aromatic carbocycles. The maximum atomic E-state index is 5.77. The zero-order chi connectivity index (χ0) is 18.5. The molecule has 0 atom stereocenters. The van der Waals surface area contributed by atoms with E-state index in [9.17, 15) is 0 Å². The van der Waals surface area contributed by atoms with Gasteiger partial charge in [0.1, 0.15) is 6.61 Å². The van der Waals surface area contributed by atoms with E-state index in [1.807, 2.05) is 66.3 Å². The molecule has 136 valence electrons. The van der Waals surface area contributed by atoms with Crippen LogP contribution in [-0.4, -0.2) is 26.4 Å². The Kier molecular flexibility index (Phi) is 4.96. The molecule has 3 aromatic heterocycles. The van der Waals surface area contributed by atoms with Gasteiger partial charge in [-0.25, -0.2) is 9.97 Å². The van der Waals surface area contributed by atoms with Gasteiger partial charge in [-0.1, -0.05) is 30.3 Å². The highest BCUT2D eigenvalue weighted by Crippen LogP contribution is 2.15. The lowest BCUT2D eigenvalue weighted by molar-refractivity contribution is 0.289. The lowest BCUT2D eigenvalue weighted by atomic mass is 10.2. The Balaban J connectivity index is 1.36. The number of pyridine rings is 2. The second-order valence-corrected chi connectivity index (χ2v) is 6.07. The molecule has 6 heteroatoms. The van der Waals surface area contributed by atoms with Gasteiger partial charge in [-0.15, -0.1) is 5.10 Å². The minimum Gasteiger partial charge on any atom is -0.477 e. The molecule has 4 rings (SSSR count). The molecule has 0 N–H and O–H groups in total. The van der Waals surface area contributed by atoms with Gasteiger partial charge >= 0.3 is 0 Å². The fourth-order valence-electron chi connectivity index (χ4n) is 2.77. The summed E-state index contributed by atoms with van der Waals surface area (Å²) in [6.07, 6.45) is 3.69. The molecule has 3 heterocycles. The van der Waals surface area contributed by atoms with Crippen molar-refractivity contribution < 1.29 is 9.47 Å². The average Bonchev–Trinajstić information content (AvgIpc) is 3.14. The standard InChI is InChI=1S/C21H20N4O2/c1-2-26-21-11-12-25(24-21)14-16-7-10-20(22-13-16)27-15-18-9-8-17-5-3-4-6-19(17)23-18/h3-13H,2,14-15H2,1H3. The number of nitrogens with zero attached hydrogens (tertiary/aromatic N) is 4. The molecule has 0 aliphatic heterocycles. The van der Waals surface area contributed by atoms with E-state index in [0.717, 1.165) is 22.2 Å². The smallest absolute Gasteiger partial charge is 0.232 e. The summed E-state index contributed by atoms with van der Waals surface area (Å²) in [7, 11) is 0. The maximum absolute atomic E-state index is 5.77. The Morgan fingerprint density at radius 2 is 1.85 bits per heavy atom. The SMILES string of the molecule is CCOc1ccn(Cc2ccc(OCc3ccc4ccccc4n3)nc2)n1. The van der Waals surface area contributed by atoms with E-state index in [-0.39, 0.29) is 0 Å². The lowest BCUT2D eigenvalue weighted by Crippen LogP contribution is -2.03.